The monoisotopic (exact) mass is 415 g/mol. The van der Waals surface area contributed by atoms with Gasteiger partial charge in [0.15, 0.2) is 5.96 Å². The fourth-order valence-corrected chi connectivity index (χ4v) is 3.09. The Morgan fingerprint density at radius 3 is 2.86 bits per heavy atom. The molecule has 1 aliphatic carbocycles. The van der Waals surface area contributed by atoms with Gasteiger partial charge in [0, 0.05) is 32.2 Å². The summed E-state index contributed by atoms with van der Waals surface area (Å²) >= 11 is 0. The molecule has 0 amide bonds. The van der Waals surface area contributed by atoms with E-state index in [1.165, 1.54) is 24.0 Å². The first-order valence-electron chi connectivity index (χ1n) is 7.92. The number of aliphatic imine (C=N–C) groups is 1. The van der Waals surface area contributed by atoms with Crippen LogP contribution in [0.5, 0.6) is 0 Å². The molecule has 0 radical (unpaired) electrons. The predicted molar refractivity (Wildman–Crippen MR) is 101 cm³/mol. The van der Waals surface area contributed by atoms with Crippen LogP contribution < -0.4 is 10.6 Å². The van der Waals surface area contributed by atoms with Crippen LogP contribution in [0.25, 0.3) is 0 Å². The predicted octanol–water partition coefficient (Wildman–Crippen LogP) is 2.81. The zero-order valence-electron chi connectivity index (χ0n) is 13.3. The minimum atomic E-state index is 0. The Bertz CT molecular complexity index is 514. The number of benzene rings is 1. The van der Waals surface area contributed by atoms with Gasteiger partial charge in [-0.2, -0.15) is 0 Å². The van der Waals surface area contributed by atoms with Crippen LogP contribution in [0.3, 0.4) is 0 Å². The lowest BCUT2D eigenvalue weighted by Gasteiger charge is -2.15. The van der Waals surface area contributed by atoms with Crippen molar-refractivity contribution < 1.29 is 4.74 Å². The lowest BCUT2D eigenvalue weighted by atomic mass is 10.0. The SMILES string of the molecule is CN=C(NCC1CCCO1)NC1CC1c1ccccc1C.I. The average molecular weight is 415 g/mol. The molecule has 122 valence electrons. The largest absolute Gasteiger partial charge is 0.376 e. The number of hydrogen-bond acceptors (Lipinski definition) is 2. The van der Waals surface area contributed by atoms with Gasteiger partial charge in [0.25, 0.3) is 0 Å². The number of hydrogen-bond donors (Lipinski definition) is 2. The van der Waals surface area contributed by atoms with Crippen LogP contribution in [-0.2, 0) is 4.74 Å². The highest BCUT2D eigenvalue weighted by molar-refractivity contribution is 14.0. The molecule has 1 aromatic rings. The van der Waals surface area contributed by atoms with Crippen molar-refractivity contribution in [3.05, 3.63) is 35.4 Å². The first-order valence-corrected chi connectivity index (χ1v) is 7.92. The summed E-state index contributed by atoms with van der Waals surface area (Å²) in [6.45, 7) is 3.94. The Labute approximate surface area is 150 Å². The van der Waals surface area contributed by atoms with Crippen molar-refractivity contribution in [3.63, 3.8) is 0 Å². The summed E-state index contributed by atoms with van der Waals surface area (Å²) in [4.78, 5) is 4.32. The van der Waals surface area contributed by atoms with E-state index in [-0.39, 0.29) is 24.0 Å². The summed E-state index contributed by atoms with van der Waals surface area (Å²) in [5, 5.41) is 6.91. The summed E-state index contributed by atoms with van der Waals surface area (Å²) in [5.41, 5.74) is 2.85. The van der Waals surface area contributed by atoms with E-state index in [9.17, 15) is 0 Å². The molecule has 2 aliphatic rings. The molecule has 5 heteroatoms. The third kappa shape index (κ3) is 4.35. The normalized spacial score (nSPS) is 27.2. The molecular formula is C17H26IN3O. The number of nitrogens with zero attached hydrogens (tertiary/aromatic N) is 1. The van der Waals surface area contributed by atoms with Gasteiger partial charge in [-0.15, -0.1) is 24.0 Å². The van der Waals surface area contributed by atoms with Crippen LogP contribution >= 0.6 is 24.0 Å². The zero-order valence-corrected chi connectivity index (χ0v) is 15.7. The van der Waals surface area contributed by atoms with E-state index in [1.54, 1.807) is 0 Å². The van der Waals surface area contributed by atoms with Gasteiger partial charge >= 0.3 is 0 Å². The van der Waals surface area contributed by atoms with Gasteiger partial charge in [-0.25, -0.2) is 0 Å². The molecule has 0 bridgehead atoms. The maximum absolute atomic E-state index is 5.63. The van der Waals surface area contributed by atoms with Crippen LogP contribution in [0.4, 0.5) is 0 Å². The highest BCUT2D eigenvalue weighted by Crippen LogP contribution is 2.41. The topological polar surface area (TPSA) is 45.7 Å². The molecule has 22 heavy (non-hydrogen) atoms. The molecule has 0 spiro atoms. The standard InChI is InChI=1S/C17H25N3O.HI/c1-12-6-3-4-8-14(12)15-10-16(15)20-17(18-2)19-11-13-7-5-9-21-13;/h3-4,6,8,13,15-16H,5,7,9-11H2,1-2H3,(H2,18,19,20);1H. The average Bonchev–Trinajstić information content (AvgIpc) is 3.05. The van der Waals surface area contributed by atoms with E-state index in [0.29, 0.717) is 18.1 Å². The Morgan fingerprint density at radius 2 is 2.18 bits per heavy atom. The Hall–Kier alpha value is -0.820. The maximum Gasteiger partial charge on any atom is 0.191 e. The van der Waals surface area contributed by atoms with Gasteiger partial charge in [-0.1, -0.05) is 24.3 Å². The van der Waals surface area contributed by atoms with Crippen molar-refractivity contribution in [2.75, 3.05) is 20.2 Å². The van der Waals surface area contributed by atoms with Gasteiger partial charge in [0.2, 0.25) is 0 Å². The zero-order chi connectivity index (χ0) is 14.7. The number of rotatable bonds is 4. The summed E-state index contributed by atoms with van der Waals surface area (Å²) in [6, 6.07) is 9.16. The van der Waals surface area contributed by atoms with E-state index in [1.807, 2.05) is 7.05 Å². The summed E-state index contributed by atoms with van der Waals surface area (Å²) < 4.78 is 5.63. The first kappa shape index (κ1) is 17.5. The summed E-state index contributed by atoms with van der Waals surface area (Å²) in [5.74, 6) is 1.51. The molecular weight excluding hydrogens is 389 g/mol. The highest BCUT2D eigenvalue weighted by Gasteiger charge is 2.39. The fourth-order valence-electron chi connectivity index (χ4n) is 3.09. The molecule has 2 N–H and O–H groups in total. The molecule has 3 atom stereocenters. The van der Waals surface area contributed by atoms with E-state index < -0.39 is 0 Å². The molecule has 3 unspecified atom stereocenters. The number of ether oxygens (including phenoxy) is 1. The van der Waals surface area contributed by atoms with Crippen LogP contribution in [-0.4, -0.2) is 38.3 Å². The summed E-state index contributed by atoms with van der Waals surface area (Å²) in [7, 11) is 1.83. The maximum atomic E-state index is 5.63. The smallest absolute Gasteiger partial charge is 0.191 e. The molecule has 3 rings (SSSR count). The van der Waals surface area contributed by atoms with Crippen molar-refractivity contribution in [2.24, 2.45) is 4.99 Å². The van der Waals surface area contributed by atoms with Crippen LogP contribution in [0.1, 0.15) is 36.3 Å². The van der Waals surface area contributed by atoms with Crippen molar-refractivity contribution in [1.29, 1.82) is 0 Å². The van der Waals surface area contributed by atoms with Crippen LogP contribution in [0.15, 0.2) is 29.3 Å². The Balaban J connectivity index is 0.00000176. The molecule has 0 aromatic heterocycles. The third-order valence-electron chi connectivity index (χ3n) is 4.45. The number of nitrogens with one attached hydrogen (secondary N) is 2. The summed E-state index contributed by atoms with van der Waals surface area (Å²) in [6.07, 6.45) is 3.86. The van der Waals surface area contributed by atoms with Crippen molar-refractivity contribution in [1.82, 2.24) is 10.6 Å². The van der Waals surface area contributed by atoms with Gasteiger partial charge in [-0.05, 0) is 37.3 Å². The second-order valence-electron chi connectivity index (χ2n) is 6.04. The minimum absolute atomic E-state index is 0. The molecule has 1 aromatic carbocycles. The molecule has 1 aliphatic heterocycles. The van der Waals surface area contributed by atoms with Gasteiger partial charge < -0.3 is 15.4 Å². The molecule has 1 heterocycles. The van der Waals surface area contributed by atoms with Crippen LogP contribution in [0.2, 0.25) is 0 Å². The quantitative estimate of drug-likeness (QED) is 0.452. The highest BCUT2D eigenvalue weighted by atomic mass is 127. The van der Waals surface area contributed by atoms with E-state index in [4.69, 9.17) is 4.74 Å². The van der Waals surface area contributed by atoms with Crippen LogP contribution in [0, 0.1) is 6.92 Å². The lowest BCUT2D eigenvalue weighted by Crippen LogP contribution is -2.42. The van der Waals surface area contributed by atoms with E-state index in [0.717, 1.165) is 25.5 Å². The molecule has 2 fully saturated rings. The second-order valence-corrected chi connectivity index (χ2v) is 6.04. The van der Waals surface area contributed by atoms with Gasteiger partial charge in [-0.3, -0.25) is 4.99 Å². The van der Waals surface area contributed by atoms with E-state index in [2.05, 4.69) is 46.8 Å². The van der Waals surface area contributed by atoms with Crippen molar-refractivity contribution >= 4 is 29.9 Å². The van der Waals surface area contributed by atoms with E-state index >= 15 is 0 Å². The number of halogens is 1. The third-order valence-corrected chi connectivity index (χ3v) is 4.45. The lowest BCUT2D eigenvalue weighted by molar-refractivity contribution is 0.114. The minimum Gasteiger partial charge on any atom is -0.376 e. The number of guanidine groups is 1. The Morgan fingerprint density at radius 1 is 1.36 bits per heavy atom. The Kier molecular flexibility index (Phi) is 6.50. The van der Waals surface area contributed by atoms with Gasteiger partial charge in [0.1, 0.15) is 0 Å². The fraction of sp³-hybridized carbons (Fsp3) is 0.588. The molecule has 1 saturated carbocycles. The number of aryl methyl sites for hydroxylation is 1. The van der Waals surface area contributed by atoms with Gasteiger partial charge in [0.05, 0.1) is 6.10 Å². The van der Waals surface area contributed by atoms with Crippen molar-refractivity contribution in [2.45, 2.75) is 44.2 Å². The first-order chi connectivity index (χ1) is 10.3. The van der Waals surface area contributed by atoms with Crippen molar-refractivity contribution in [3.8, 4) is 0 Å². The molecule has 1 saturated heterocycles. The molecule has 4 nitrogen and oxygen atoms in total. The second kappa shape index (κ2) is 8.15.